The topological polar surface area (TPSA) is 49.8 Å². The van der Waals surface area contributed by atoms with Crippen molar-refractivity contribution in [2.75, 3.05) is 0 Å². The highest BCUT2D eigenvalue weighted by Gasteiger charge is 2.18. The molecule has 0 atom stereocenters. The van der Waals surface area contributed by atoms with E-state index in [0.29, 0.717) is 11.4 Å². The third kappa shape index (κ3) is 1.27. The first-order valence-electron chi connectivity index (χ1n) is 3.06. The van der Waals surface area contributed by atoms with Gasteiger partial charge in [-0.3, -0.25) is 0 Å². The predicted molar refractivity (Wildman–Crippen MR) is 41.5 cm³/mol. The summed E-state index contributed by atoms with van der Waals surface area (Å²) in [7, 11) is 0.109. The van der Waals surface area contributed by atoms with Crippen LogP contribution in [0.25, 0.3) is 4.85 Å². The van der Waals surface area contributed by atoms with E-state index in [4.69, 9.17) is 16.6 Å². The largest absolute Gasteiger partial charge is 0.529 e. The van der Waals surface area contributed by atoms with Gasteiger partial charge in [0.1, 0.15) is 5.59 Å². The minimum absolute atomic E-state index is 0.330. The van der Waals surface area contributed by atoms with Crippen molar-refractivity contribution in [1.29, 1.82) is 0 Å². The molecule has 56 valence electrons. The number of hydrogen-bond acceptors (Lipinski definition) is 2. The fraction of sp³-hybridized carbons (Fsp3) is 0.167. The van der Waals surface area contributed by atoms with Crippen molar-refractivity contribution in [2.45, 2.75) is 0 Å². The maximum absolute atomic E-state index is 8.75. The molecule has 0 fully saturated rings. The SMILES string of the molecule is [C-]#[N+]c1ccc(B(O)O)n1C. The van der Waals surface area contributed by atoms with Crippen LogP contribution in [0, 0.1) is 6.57 Å². The smallest absolute Gasteiger partial charge is 0.421 e. The summed E-state index contributed by atoms with van der Waals surface area (Å²) in [5.74, 6) is 0.396. The zero-order valence-corrected chi connectivity index (χ0v) is 6.02. The highest BCUT2D eigenvalue weighted by Crippen LogP contribution is 2.08. The van der Waals surface area contributed by atoms with Gasteiger partial charge < -0.3 is 19.5 Å². The van der Waals surface area contributed by atoms with Crippen LogP contribution in [-0.4, -0.2) is 21.7 Å². The molecular formula is C6H7BN2O2. The molecular weight excluding hydrogens is 143 g/mol. The van der Waals surface area contributed by atoms with E-state index in [0.717, 1.165) is 0 Å². The van der Waals surface area contributed by atoms with E-state index >= 15 is 0 Å². The molecule has 0 amide bonds. The quantitative estimate of drug-likeness (QED) is 0.409. The van der Waals surface area contributed by atoms with Gasteiger partial charge >= 0.3 is 7.12 Å². The highest BCUT2D eigenvalue weighted by atomic mass is 16.4. The molecule has 1 aromatic heterocycles. The average Bonchev–Trinajstić information content (AvgIpc) is 2.30. The summed E-state index contributed by atoms with van der Waals surface area (Å²) in [5.41, 5.74) is 0.330. The standard InChI is InChI=1S/C6H7BN2O2/c1-8-6-4-3-5(7(10)11)9(6)2/h3-4,10-11H,2H3. The summed E-state index contributed by atoms with van der Waals surface area (Å²) in [6.07, 6.45) is 0. The van der Waals surface area contributed by atoms with E-state index in [9.17, 15) is 0 Å². The molecule has 11 heavy (non-hydrogen) atoms. The van der Waals surface area contributed by atoms with Crippen LogP contribution in [-0.2, 0) is 7.05 Å². The second-order valence-corrected chi connectivity index (χ2v) is 2.16. The molecule has 0 aromatic carbocycles. The monoisotopic (exact) mass is 150 g/mol. The van der Waals surface area contributed by atoms with Crippen LogP contribution in [0.15, 0.2) is 12.1 Å². The molecule has 0 spiro atoms. The summed E-state index contributed by atoms with van der Waals surface area (Å²) >= 11 is 0. The lowest BCUT2D eigenvalue weighted by Gasteiger charge is -1.97. The van der Waals surface area contributed by atoms with Gasteiger partial charge in [0.05, 0.1) is 7.05 Å². The first kappa shape index (κ1) is 7.86. The number of aromatic nitrogens is 1. The fourth-order valence-corrected chi connectivity index (χ4v) is 0.887. The van der Waals surface area contributed by atoms with Crippen molar-refractivity contribution >= 4 is 18.5 Å². The number of nitrogens with zero attached hydrogens (tertiary/aromatic N) is 2. The lowest BCUT2D eigenvalue weighted by Crippen LogP contribution is -2.34. The summed E-state index contributed by atoms with van der Waals surface area (Å²) in [4.78, 5) is 3.16. The second kappa shape index (κ2) is 2.78. The molecule has 1 aromatic rings. The Bertz CT molecular complexity index is 300. The first-order valence-corrected chi connectivity index (χ1v) is 3.06. The Morgan fingerprint density at radius 3 is 2.45 bits per heavy atom. The van der Waals surface area contributed by atoms with Crippen molar-refractivity contribution in [3.8, 4) is 0 Å². The Kier molecular flexibility index (Phi) is 1.99. The van der Waals surface area contributed by atoms with Crippen LogP contribution < -0.4 is 5.59 Å². The lowest BCUT2D eigenvalue weighted by molar-refractivity contribution is 0.423. The first-order chi connectivity index (χ1) is 5.16. The van der Waals surface area contributed by atoms with Gasteiger partial charge in [-0.2, -0.15) is 0 Å². The van der Waals surface area contributed by atoms with Crippen molar-refractivity contribution in [1.82, 2.24) is 4.57 Å². The highest BCUT2D eigenvalue weighted by molar-refractivity contribution is 6.57. The minimum atomic E-state index is -1.50. The third-order valence-electron chi connectivity index (χ3n) is 1.51. The summed E-state index contributed by atoms with van der Waals surface area (Å²) < 4.78 is 1.44. The van der Waals surface area contributed by atoms with Crippen LogP contribution in [0.2, 0.25) is 0 Å². The van der Waals surface area contributed by atoms with Gasteiger partial charge in [-0.15, -0.1) is 0 Å². The molecule has 0 saturated heterocycles. The Hall–Kier alpha value is -1.25. The molecule has 0 aliphatic carbocycles. The van der Waals surface area contributed by atoms with Gasteiger partial charge in [0, 0.05) is 0 Å². The Morgan fingerprint density at radius 1 is 1.55 bits per heavy atom. The molecule has 5 heteroatoms. The van der Waals surface area contributed by atoms with Gasteiger partial charge in [-0.25, -0.2) is 0 Å². The zero-order valence-electron chi connectivity index (χ0n) is 6.02. The molecule has 0 saturated carbocycles. The molecule has 0 aliphatic rings. The van der Waals surface area contributed by atoms with Crippen LogP contribution in [0.4, 0.5) is 5.82 Å². The van der Waals surface area contributed by atoms with Crippen LogP contribution in [0.5, 0.6) is 0 Å². The van der Waals surface area contributed by atoms with Crippen LogP contribution in [0.1, 0.15) is 0 Å². The minimum Gasteiger partial charge on any atom is -0.421 e. The Morgan fingerprint density at radius 2 is 2.18 bits per heavy atom. The maximum Gasteiger partial charge on any atom is 0.529 e. The Balaban J connectivity index is 3.13. The molecule has 2 N–H and O–H groups in total. The van der Waals surface area contributed by atoms with Crippen molar-refractivity contribution in [3.63, 3.8) is 0 Å². The Labute approximate surface area is 64.7 Å². The van der Waals surface area contributed by atoms with Crippen molar-refractivity contribution in [2.24, 2.45) is 7.05 Å². The van der Waals surface area contributed by atoms with Crippen molar-refractivity contribution < 1.29 is 10.0 Å². The lowest BCUT2D eigenvalue weighted by atomic mass is 9.86. The predicted octanol–water partition coefficient (Wildman–Crippen LogP) is -0.744. The van der Waals surface area contributed by atoms with E-state index in [1.807, 2.05) is 0 Å². The van der Waals surface area contributed by atoms with E-state index in [-0.39, 0.29) is 0 Å². The third-order valence-corrected chi connectivity index (χ3v) is 1.51. The maximum atomic E-state index is 8.75. The number of rotatable bonds is 1. The van der Waals surface area contributed by atoms with Gasteiger partial charge in [0.2, 0.25) is 5.82 Å². The van der Waals surface area contributed by atoms with E-state index in [1.54, 1.807) is 13.1 Å². The van der Waals surface area contributed by atoms with Gasteiger partial charge in [0.15, 0.2) is 0 Å². The molecule has 4 nitrogen and oxygen atoms in total. The average molecular weight is 150 g/mol. The van der Waals surface area contributed by atoms with Crippen molar-refractivity contribution in [3.05, 3.63) is 23.5 Å². The normalized spacial score (nSPS) is 9.27. The molecule has 1 heterocycles. The zero-order chi connectivity index (χ0) is 8.43. The fourth-order valence-electron chi connectivity index (χ4n) is 0.887. The summed E-state index contributed by atoms with van der Waals surface area (Å²) in [6, 6.07) is 3.06. The van der Waals surface area contributed by atoms with Crippen LogP contribution >= 0.6 is 0 Å². The summed E-state index contributed by atoms with van der Waals surface area (Å²) in [6.45, 7) is 6.68. The van der Waals surface area contributed by atoms with E-state index in [2.05, 4.69) is 4.85 Å². The van der Waals surface area contributed by atoms with E-state index in [1.165, 1.54) is 10.6 Å². The van der Waals surface area contributed by atoms with Gasteiger partial charge in [0.25, 0.3) is 0 Å². The molecule has 0 aliphatic heterocycles. The number of hydrogen-bond donors (Lipinski definition) is 2. The molecule has 0 bridgehead atoms. The molecule has 1 rings (SSSR count). The van der Waals surface area contributed by atoms with E-state index < -0.39 is 7.12 Å². The summed E-state index contributed by atoms with van der Waals surface area (Å²) in [5, 5.41) is 17.5. The van der Waals surface area contributed by atoms with Gasteiger partial charge in [-0.1, -0.05) is 6.57 Å². The van der Waals surface area contributed by atoms with Gasteiger partial charge in [-0.05, 0) is 12.1 Å². The molecule has 0 unspecified atom stereocenters. The van der Waals surface area contributed by atoms with Crippen LogP contribution in [0.3, 0.4) is 0 Å². The second-order valence-electron chi connectivity index (χ2n) is 2.16. The molecule has 0 radical (unpaired) electrons.